The zero-order chi connectivity index (χ0) is 8.04. The largest absolute Gasteiger partial charge is 0.388 e. The molecule has 0 spiro atoms. The van der Waals surface area contributed by atoms with Crippen LogP contribution >= 0.6 is 0 Å². The third kappa shape index (κ3) is 3.12. The maximum Gasteiger partial charge on any atom is 0.0793 e. The smallest absolute Gasteiger partial charge is 0.0793 e. The van der Waals surface area contributed by atoms with Gasteiger partial charge in [-0.25, -0.2) is 0 Å². The average molecular weight is 147 g/mol. The molecule has 0 aliphatic carbocycles. The highest BCUT2D eigenvalue weighted by Gasteiger charge is 2.22. The van der Waals surface area contributed by atoms with Gasteiger partial charge in [0.05, 0.1) is 5.60 Å². The van der Waals surface area contributed by atoms with Crippen molar-refractivity contribution in [2.45, 2.75) is 18.4 Å². The molecule has 0 aromatic heterocycles. The molecule has 0 radical (unpaired) electrons. The van der Waals surface area contributed by atoms with Crippen molar-refractivity contribution in [3.8, 4) is 0 Å². The van der Waals surface area contributed by atoms with Crippen LogP contribution in [0.1, 0.15) is 12.8 Å². The Balaban J connectivity index is 3.69. The second-order valence-corrected chi connectivity index (χ2v) is 2.51. The van der Waals surface area contributed by atoms with Gasteiger partial charge in [0.25, 0.3) is 0 Å². The van der Waals surface area contributed by atoms with Crippen LogP contribution in [0.2, 0.25) is 0 Å². The minimum absolute atomic E-state index is 0.237. The van der Waals surface area contributed by atoms with E-state index in [4.69, 9.17) is 17.2 Å². The second kappa shape index (κ2) is 4.62. The van der Waals surface area contributed by atoms with Crippen molar-refractivity contribution in [3.63, 3.8) is 0 Å². The Morgan fingerprint density at radius 2 is 1.40 bits per heavy atom. The van der Waals surface area contributed by atoms with Crippen LogP contribution in [0.25, 0.3) is 0 Å². The van der Waals surface area contributed by atoms with Gasteiger partial charge < -0.3 is 22.3 Å². The van der Waals surface area contributed by atoms with E-state index in [1.165, 1.54) is 0 Å². The van der Waals surface area contributed by atoms with Gasteiger partial charge in [-0.3, -0.25) is 0 Å². The van der Waals surface area contributed by atoms with Crippen LogP contribution in [-0.2, 0) is 0 Å². The third-order valence-electron chi connectivity index (χ3n) is 1.60. The molecule has 0 aromatic carbocycles. The Kier molecular flexibility index (Phi) is 4.55. The van der Waals surface area contributed by atoms with E-state index in [0.29, 0.717) is 25.9 Å². The molecule has 7 N–H and O–H groups in total. The number of nitrogens with two attached hydrogens (primary N) is 3. The molecule has 10 heavy (non-hydrogen) atoms. The molecule has 62 valence electrons. The lowest BCUT2D eigenvalue weighted by Gasteiger charge is -2.24. The van der Waals surface area contributed by atoms with Crippen LogP contribution < -0.4 is 17.2 Å². The zero-order valence-corrected chi connectivity index (χ0v) is 6.21. The maximum atomic E-state index is 9.54. The molecule has 0 bridgehead atoms. The molecule has 0 amide bonds. The first-order valence-corrected chi connectivity index (χ1v) is 3.51. The van der Waals surface area contributed by atoms with Gasteiger partial charge in [0.15, 0.2) is 0 Å². The SMILES string of the molecule is NCCC(O)(CN)CCN. The molecule has 4 heteroatoms. The van der Waals surface area contributed by atoms with Gasteiger partial charge in [-0.15, -0.1) is 0 Å². The van der Waals surface area contributed by atoms with Crippen LogP contribution in [0.5, 0.6) is 0 Å². The van der Waals surface area contributed by atoms with Crippen LogP contribution in [0.4, 0.5) is 0 Å². The van der Waals surface area contributed by atoms with Crippen LogP contribution in [0.3, 0.4) is 0 Å². The zero-order valence-electron chi connectivity index (χ0n) is 6.21. The van der Waals surface area contributed by atoms with Gasteiger partial charge in [-0.1, -0.05) is 0 Å². The van der Waals surface area contributed by atoms with Crippen LogP contribution in [-0.4, -0.2) is 30.3 Å². The summed E-state index contributed by atoms with van der Waals surface area (Å²) in [6.45, 7) is 1.14. The van der Waals surface area contributed by atoms with Crippen molar-refractivity contribution in [3.05, 3.63) is 0 Å². The highest BCUT2D eigenvalue weighted by atomic mass is 16.3. The normalized spacial score (nSPS) is 12.0. The highest BCUT2D eigenvalue weighted by molar-refractivity contribution is 4.79. The number of aliphatic hydroxyl groups is 1. The molecule has 0 atom stereocenters. The Bertz CT molecular complexity index is 81.1. The fourth-order valence-corrected chi connectivity index (χ4v) is 0.866. The maximum absolute atomic E-state index is 9.54. The van der Waals surface area contributed by atoms with E-state index >= 15 is 0 Å². The van der Waals surface area contributed by atoms with E-state index in [0.717, 1.165) is 0 Å². The lowest BCUT2D eigenvalue weighted by Crippen LogP contribution is -2.41. The summed E-state index contributed by atoms with van der Waals surface area (Å²) in [5, 5.41) is 9.54. The molecule has 0 aliphatic heterocycles. The minimum atomic E-state index is -0.830. The van der Waals surface area contributed by atoms with E-state index in [2.05, 4.69) is 0 Å². The Labute approximate surface area is 61.4 Å². The van der Waals surface area contributed by atoms with Crippen molar-refractivity contribution >= 4 is 0 Å². The molecule has 0 heterocycles. The molecular formula is C6H17N3O. The fourth-order valence-electron chi connectivity index (χ4n) is 0.866. The van der Waals surface area contributed by atoms with Crippen molar-refractivity contribution in [1.29, 1.82) is 0 Å². The van der Waals surface area contributed by atoms with Gasteiger partial charge >= 0.3 is 0 Å². The quantitative estimate of drug-likeness (QED) is 0.375. The molecule has 0 fully saturated rings. The van der Waals surface area contributed by atoms with Gasteiger partial charge in [-0.05, 0) is 25.9 Å². The monoisotopic (exact) mass is 147 g/mol. The summed E-state index contributed by atoms with van der Waals surface area (Å²) in [7, 11) is 0. The van der Waals surface area contributed by atoms with Gasteiger partial charge in [0, 0.05) is 6.54 Å². The predicted molar refractivity (Wildman–Crippen MR) is 41.3 cm³/mol. The Morgan fingerprint density at radius 3 is 1.60 bits per heavy atom. The van der Waals surface area contributed by atoms with E-state index in [1.807, 2.05) is 0 Å². The molecular weight excluding hydrogens is 130 g/mol. The lowest BCUT2D eigenvalue weighted by molar-refractivity contribution is 0.0365. The highest BCUT2D eigenvalue weighted by Crippen LogP contribution is 2.10. The summed E-state index contributed by atoms with van der Waals surface area (Å²) in [6.07, 6.45) is 1.06. The van der Waals surface area contributed by atoms with Crippen molar-refractivity contribution < 1.29 is 5.11 Å². The molecule has 0 saturated carbocycles. The minimum Gasteiger partial charge on any atom is -0.388 e. The van der Waals surface area contributed by atoms with Crippen molar-refractivity contribution in [2.24, 2.45) is 17.2 Å². The molecule has 0 unspecified atom stereocenters. The molecule has 0 rings (SSSR count). The van der Waals surface area contributed by atoms with Gasteiger partial charge in [0.1, 0.15) is 0 Å². The van der Waals surface area contributed by atoms with E-state index < -0.39 is 5.60 Å². The van der Waals surface area contributed by atoms with E-state index in [-0.39, 0.29) is 6.54 Å². The van der Waals surface area contributed by atoms with Crippen molar-refractivity contribution in [2.75, 3.05) is 19.6 Å². The molecule has 0 aromatic rings. The van der Waals surface area contributed by atoms with Crippen LogP contribution in [0, 0.1) is 0 Å². The number of hydrogen-bond acceptors (Lipinski definition) is 4. The topological polar surface area (TPSA) is 98.3 Å². The van der Waals surface area contributed by atoms with Crippen molar-refractivity contribution in [1.82, 2.24) is 0 Å². The number of rotatable bonds is 5. The Hall–Kier alpha value is -0.160. The second-order valence-electron chi connectivity index (χ2n) is 2.51. The first-order chi connectivity index (χ1) is 4.68. The van der Waals surface area contributed by atoms with E-state index in [9.17, 15) is 5.11 Å². The summed E-state index contributed by atoms with van der Waals surface area (Å²) in [5.74, 6) is 0. The summed E-state index contributed by atoms with van der Waals surface area (Å²) in [5.41, 5.74) is 15.0. The Morgan fingerprint density at radius 1 is 1.00 bits per heavy atom. The van der Waals surface area contributed by atoms with Gasteiger partial charge in [-0.2, -0.15) is 0 Å². The summed E-state index contributed by atoms with van der Waals surface area (Å²) < 4.78 is 0. The first kappa shape index (κ1) is 9.84. The predicted octanol–water partition coefficient (Wildman–Crippen LogP) is -1.63. The standard InChI is InChI=1S/C6H17N3O/c7-3-1-6(10,5-9)2-4-8/h10H,1-5,7-9H2. The van der Waals surface area contributed by atoms with E-state index in [1.54, 1.807) is 0 Å². The molecule has 0 aliphatic rings. The molecule has 4 nitrogen and oxygen atoms in total. The molecule has 0 saturated heterocycles. The summed E-state index contributed by atoms with van der Waals surface area (Å²) >= 11 is 0. The first-order valence-electron chi connectivity index (χ1n) is 3.51. The van der Waals surface area contributed by atoms with Crippen LogP contribution in [0.15, 0.2) is 0 Å². The third-order valence-corrected chi connectivity index (χ3v) is 1.60. The van der Waals surface area contributed by atoms with Gasteiger partial charge in [0.2, 0.25) is 0 Å². The fraction of sp³-hybridized carbons (Fsp3) is 1.00. The summed E-state index contributed by atoms with van der Waals surface area (Å²) in [6, 6.07) is 0. The number of hydrogen-bond donors (Lipinski definition) is 4. The lowest BCUT2D eigenvalue weighted by atomic mass is 9.96. The average Bonchev–Trinajstić information content (AvgIpc) is 1.89. The summed E-state index contributed by atoms with van der Waals surface area (Å²) in [4.78, 5) is 0.